The molecular weight excluding hydrogens is 350 g/mol. The summed E-state index contributed by atoms with van der Waals surface area (Å²) >= 11 is 0. The number of hydrogen-bond donors (Lipinski definition) is 4. The third-order valence-electron chi connectivity index (χ3n) is 6.13. The van der Waals surface area contributed by atoms with Crippen molar-refractivity contribution < 1.29 is 29.7 Å². The number of carbonyl (C=O) groups excluding carboxylic acids is 3. The number of phenolic OH excluding ortho intramolecular Hbond substituents is 1. The van der Waals surface area contributed by atoms with Gasteiger partial charge in [-0.3, -0.25) is 14.4 Å². The van der Waals surface area contributed by atoms with Gasteiger partial charge in [-0.05, 0) is 36.3 Å². The summed E-state index contributed by atoms with van der Waals surface area (Å²) < 4.78 is 0. The number of phenols is 1. The zero-order valence-electron chi connectivity index (χ0n) is 14.6. The number of benzene rings is 1. The molecule has 0 bridgehead atoms. The molecule has 1 aromatic carbocycles. The summed E-state index contributed by atoms with van der Waals surface area (Å²) in [5, 5.41) is 31.1. The van der Waals surface area contributed by atoms with Crippen LogP contribution in [-0.4, -0.2) is 32.8 Å². The molecule has 4 rings (SSSR count). The Morgan fingerprint density at radius 2 is 1.85 bits per heavy atom. The lowest BCUT2D eigenvalue weighted by atomic mass is 9.58. The van der Waals surface area contributed by atoms with Crippen LogP contribution < -0.4 is 5.73 Å². The molecule has 0 aromatic heterocycles. The molecule has 3 aliphatic rings. The number of carbonyl (C=O) groups is 3. The Morgan fingerprint density at radius 1 is 1.15 bits per heavy atom. The van der Waals surface area contributed by atoms with E-state index in [1.807, 2.05) is 0 Å². The van der Waals surface area contributed by atoms with Crippen molar-refractivity contribution in [2.24, 2.45) is 29.4 Å². The minimum Gasteiger partial charge on any atom is -0.511 e. The Kier molecular flexibility index (Phi) is 3.66. The van der Waals surface area contributed by atoms with Gasteiger partial charge < -0.3 is 21.1 Å². The molecule has 4 atom stereocenters. The molecule has 27 heavy (non-hydrogen) atoms. The number of rotatable bonds is 1. The minimum absolute atomic E-state index is 0.107. The van der Waals surface area contributed by atoms with Gasteiger partial charge in [0.05, 0.1) is 11.5 Å². The number of amides is 1. The lowest BCUT2D eigenvalue weighted by Gasteiger charge is -2.43. The second-order valence-electron chi connectivity index (χ2n) is 7.49. The highest BCUT2D eigenvalue weighted by Gasteiger charge is 2.53. The van der Waals surface area contributed by atoms with Crippen molar-refractivity contribution in [3.05, 3.63) is 46.2 Å². The van der Waals surface area contributed by atoms with E-state index in [0.717, 1.165) is 5.56 Å². The van der Waals surface area contributed by atoms with Crippen LogP contribution in [0.1, 0.15) is 24.5 Å². The second kappa shape index (κ2) is 5.70. The average Bonchev–Trinajstić information content (AvgIpc) is 2.59. The lowest BCUT2D eigenvalue weighted by molar-refractivity contribution is -0.136. The molecule has 0 heterocycles. The summed E-state index contributed by atoms with van der Waals surface area (Å²) in [6, 6.07) is 4.86. The molecule has 7 nitrogen and oxygen atoms in total. The van der Waals surface area contributed by atoms with E-state index in [4.69, 9.17) is 5.73 Å². The number of nitrogens with two attached hydrogens (primary N) is 1. The first-order valence-corrected chi connectivity index (χ1v) is 8.79. The molecular formula is C20H19NO6. The van der Waals surface area contributed by atoms with Gasteiger partial charge >= 0.3 is 0 Å². The monoisotopic (exact) mass is 369 g/mol. The van der Waals surface area contributed by atoms with Crippen LogP contribution in [0.25, 0.3) is 5.76 Å². The fraction of sp³-hybridized carbons (Fsp3) is 0.350. The molecule has 0 radical (unpaired) electrons. The Balaban J connectivity index is 1.87. The van der Waals surface area contributed by atoms with Gasteiger partial charge in [-0.25, -0.2) is 0 Å². The Bertz CT molecular complexity index is 973. The van der Waals surface area contributed by atoms with Gasteiger partial charge in [0.25, 0.3) is 5.91 Å². The highest BCUT2D eigenvalue weighted by molar-refractivity contribution is 6.28. The summed E-state index contributed by atoms with van der Waals surface area (Å²) in [5.74, 6) is -5.80. The van der Waals surface area contributed by atoms with Gasteiger partial charge in [0, 0.05) is 11.5 Å². The molecule has 3 unspecified atom stereocenters. The van der Waals surface area contributed by atoms with Gasteiger partial charge in [-0.2, -0.15) is 0 Å². The normalized spacial score (nSPS) is 30.0. The number of aromatic hydroxyl groups is 1. The molecule has 1 fully saturated rings. The van der Waals surface area contributed by atoms with E-state index in [-0.39, 0.29) is 34.3 Å². The lowest BCUT2D eigenvalue weighted by Crippen LogP contribution is -2.49. The first-order chi connectivity index (χ1) is 12.7. The van der Waals surface area contributed by atoms with Gasteiger partial charge in [0.1, 0.15) is 22.8 Å². The van der Waals surface area contributed by atoms with Crippen LogP contribution in [0.4, 0.5) is 0 Å². The molecule has 1 amide bonds. The predicted octanol–water partition coefficient (Wildman–Crippen LogP) is 1.55. The van der Waals surface area contributed by atoms with Crippen molar-refractivity contribution in [3.63, 3.8) is 0 Å². The van der Waals surface area contributed by atoms with E-state index in [1.165, 1.54) is 6.07 Å². The summed E-state index contributed by atoms with van der Waals surface area (Å²) in [6.07, 6.45) is 0.833. The average molecular weight is 369 g/mol. The fourth-order valence-corrected chi connectivity index (χ4v) is 4.84. The maximum Gasteiger partial charge on any atom is 0.255 e. The molecule has 1 saturated carbocycles. The number of aliphatic hydroxyl groups is 2. The van der Waals surface area contributed by atoms with E-state index in [1.54, 1.807) is 19.1 Å². The van der Waals surface area contributed by atoms with E-state index in [2.05, 4.69) is 0 Å². The number of primary amides is 1. The quantitative estimate of drug-likeness (QED) is 0.438. The number of fused-ring (bicyclic) bond motifs is 3. The largest absolute Gasteiger partial charge is 0.511 e. The summed E-state index contributed by atoms with van der Waals surface area (Å²) in [4.78, 5) is 37.6. The topological polar surface area (TPSA) is 138 Å². The first-order valence-electron chi connectivity index (χ1n) is 8.79. The Labute approximate surface area is 154 Å². The van der Waals surface area contributed by atoms with Gasteiger partial charge in [0.15, 0.2) is 11.6 Å². The number of hydrogen-bond acceptors (Lipinski definition) is 6. The van der Waals surface area contributed by atoms with Crippen LogP contribution in [0.2, 0.25) is 0 Å². The summed E-state index contributed by atoms with van der Waals surface area (Å²) in [5.41, 5.74) is 5.74. The molecule has 0 saturated heterocycles. The smallest absolute Gasteiger partial charge is 0.255 e. The first kappa shape index (κ1) is 17.3. The number of aliphatic hydroxyl groups excluding tert-OH is 2. The van der Waals surface area contributed by atoms with Crippen molar-refractivity contribution in [2.45, 2.75) is 19.8 Å². The highest BCUT2D eigenvalue weighted by atomic mass is 16.3. The van der Waals surface area contributed by atoms with Crippen molar-refractivity contribution >= 4 is 23.2 Å². The van der Waals surface area contributed by atoms with Crippen molar-refractivity contribution in [2.75, 3.05) is 0 Å². The van der Waals surface area contributed by atoms with Crippen LogP contribution in [0.3, 0.4) is 0 Å². The van der Waals surface area contributed by atoms with E-state index in [9.17, 15) is 29.7 Å². The molecule has 0 spiro atoms. The van der Waals surface area contributed by atoms with Gasteiger partial charge in [-0.15, -0.1) is 0 Å². The minimum atomic E-state index is -1.17. The second-order valence-corrected chi connectivity index (χ2v) is 7.49. The zero-order valence-corrected chi connectivity index (χ0v) is 14.6. The van der Waals surface area contributed by atoms with E-state index < -0.39 is 40.8 Å². The van der Waals surface area contributed by atoms with Crippen LogP contribution in [0.15, 0.2) is 35.1 Å². The molecule has 3 aliphatic carbocycles. The van der Waals surface area contributed by atoms with E-state index in [0.29, 0.717) is 12.8 Å². The maximum absolute atomic E-state index is 13.2. The predicted molar refractivity (Wildman–Crippen MR) is 94.5 cm³/mol. The van der Waals surface area contributed by atoms with Crippen LogP contribution in [0.5, 0.6) is 5.75 Å². The molecule has 1 aromatic rings. The maximum atomic E-state index is 13.2. The summed E-state index contributed by atoms with van der Waals surface area (Å²) in [7, 11) is 0. The van der Waals surface area contributed by atoms with Gasteiger partial charge in [-0.1, -0.05) is 19.1 Å². The number of ketones is 2. The van der Waals surface area contributed by atoms with Crippen molar-refractivity contribution in [1.82, 2.24) is 0 Å². The third-order valence-corrected chi connectivity index (χ3v) is 6.13. The highest BCUT2D eigenvalue weighted by Crippen LogP contribution is 2.50. The SMILES string of the molecule is C[C@@H]1C(O)=C(C(N)=O)C(=O)C2C(=O)C3=C(O)c4c(O)cccc4CC3CC21. The number of allylic oxidation sites excluding steroid dienone is 2. The fourth-order valence-electron chi connectivity index (χ4n) is 4.84. The van der Waals surface area contributed by atoms with Crippen molar-refractivity contribution in [1.29, 1.82) is 0 Å². The van der Waals surface area contributed by atoms with Crippen LogP contribution in [0, 0.1) is 23.7 Å². The van der Waals surface area contributed by atoms with Crippen molar-refractivity contribution in [3.8, 4) is 5.75 Å². The zero-order chi connectivity index (χ0) is 19.6. The third kappa shape index (κ3) is 2.24. The number of Topliss-reactive ketones (excluding diaryl/α,β-unsaturated/α-hetero) is 2. The van der Waals surface area contributed by atoms with Gasteiger partial charge in [0.2, 0.25) is 0 Å². The van der Waals surface area contributed by atoms with E-state index >= 15 is 0 Å². The van der Waals surface area contributed by atoms with Crippen LogP contribution >= 0.6 is 0 Å². The Morgan fingerprint density at radius 3 is 2.52 bits per heavy atom. The van der Waals surface area contributed by atoms with Crippen LogP contribution in [-0.2, 0) is 20.8 Å². The standard InChI is InChI=1S/C20H19NO6/c1-7-10-6-9-5-8-3-2-4-11(22)12(8)17(24)13(9)18(25)14(10)19(26)15(16(7)23)20(21)27/h2-4,7,9-10,14,22-24H,5-6H2,1H3,(H2,21,27)/t7-,9?,10?,14?/m0/s1. The summed E-state index contributed by atoms with van der Waals surface area (Å²) in [6.45, 7) is 1.66. The molecule has 0 aliphatic heterocycles. The molecule has 7 heteroatoms. The molecule has 5 N–H and O–H groups in total. The molecule has 140 valence electrons. The Hall–Kier alpha value is -3.09.